The Morgan fingerprint density at radius 1 is 1.38 bits per heavy atom. The number of aryl methyl sites for hydroxylation is 1. The predicted molar refractivity (Wildman–Crippen MR) is 123 cm³/mol. The van der Waals surface area contributed by atoms with Crippen molar-refractivity contribution in [2.75, 3.05) is 38.1 Å². The maximum atomic E-state index is 12.9. The van der Waals surface area contributed by atoms with Crippen molar-refractivity contribution in [3.8, 4) is 0 Å². The highest BCUT2D eigenvalue weighted by Gasteiger charge is 2.29. The number of hydrogen-bond acceptors (Lipinski definition) is 7. The van der Waals surface area contributed by atoms with Crippen LogP contribution in [0.25, 0.3) is 11.0 Å². The summed E-state index contributed by atoms with van der Waals surface area (Å²) in [6.07, 6.45) is 3.18. The molecule has 1 fully saturated rings. The molecule has 3 rings (SSSR count). The smallest absolute Gasteiger partial charge is 0.356 e. The van der Waals surface area contributed by atoms with Crippen LogP contribution >= 0.6 is 0 Å². The lowest BCUT2D eigenvalue weighted by molar-refractivity contribution is -0.119. The average Bonchev–Trinajstić information content (AvgIpc) is 3.39. The van der Waals surface area contributed by atoms with Gasteiger partial charge in [0, 0.05) is 31.7 Å². The highest BCUT2D eigenvalue weighted by atomic mass is 16.5. The molecule has 2 aromatic heterocycles. The van der Waals surface area contributed by atoms with Gasteiger partial charge in [-0.2, -0.15) is 0 Å². The van der Waals surface area contributed by atoms with Gasteiger partial charge in [0.1, 0.15) is 5.65 Å². The molecule has 1 amide bonds. The van der Waals surface area contributed by atoms with E-state index in [1.54, 1.807) is 17.9 Å². The van der Waals surface area contributed by atoms with Crippen LogP contribution in [-0.4, -0.2) is 60.5 Å². The molecule has 0 aliphatic carbocycles. The summed E-state index contributed by atoms with van der Waals surface area (Å²) in [6.45, 7) is 9.51. The molecule has 1 saturated heterocycles. The summed E-state index contributed by atoms with van der Waals surface area (Å²) in [4.78, 5) is 30.1. The van der Waals surface area contributed by atoms with Gasteiger partial charge in [-0.25, -0.2) is 9.78 Å². The number of amides is 1. The third kappa shape index (κ3) is 5.05. The van der Waals surface area contributed by atoms with E-state index in [9.17, 15) is 9.59 Å². The lowest BCUT2D eigenvalue weighted by atomic mass is 10.00. The highest BCUT2D eigenvalue weighted by Crippen LogP contribution is 2.33. The molecule has 9 heteroatoms. The Labute approximate surface area is 188 Å². The van der Waals surface area contributed by atoms with E-state index in [0.717, 1.165) is 12.1 Å². The van der Waals surface area contributed by atoms with Crippen molar-refractivity contribution in [1.82, 2.24) is 9.55 Å². The Kier molecular flexibility index (Phi) is 7.40. The second-order valence-corrected chi connectivity index (χ2v) is 8.82. The van der Waals surface area contributed by atoms with Gasteiger partial charge >= 0.3 is 5.97 Å². The molecular weight excluding hydrogens is 412 g/mol. The van der Waals surface area contributed by atoms with Crippen LogP contribution in [0.1, 0.15) is 51.0 Å². The normalized spacial score (nSPS) is 17.4. The van der Waals surface area contributed by atoms with E-state index in [4.69, 9.17) is 14.2 Å². The van der Waals surface area contributed by atoms with Crippen molar-refractivity contribution in [1.29, 1.82) is 0 Å². The minimum atomic E-state index is -0.521. The number of nitrogens with zero attached hydrogens (tertiary/aromatic N) is 2. The highest BCUT2D eigenvalue weighted by molar-refractivity contribution is 6.11. The van der Waals surface area contributed by atoms with E-state index in [2.05, 4.69) is 22.5 Å². The Hall–Kier alpha value is -2.65. The molecule has 176 valence electrons. The van der Waals surface area contributed by atoms with E-state index >= 15 is 0 Å². The minimum absolute atomic E-state index is 0.117. The number of pyridine rings is 1. The predicted octanol–water partition coefficient (Wildman–Crippen LogP) is 3.43. The number of rotatable bonds is 9. The quantitative estimate of drug-likeness (QED) is 0.569. The molecule has 2 N–H and O–H groups in total. The van der Waals surface area contributed by atoms with Gasteiger partial charge in [-0.05, 0) is 46.6 Å². The van der Waals surface area contributed by atoms with Crippen LogP contribution in [-0.2, 0) is 25.5 Å². The van der Waals surface area contributed by atoms with Gasteiger partial charge in [-0.15, -0.1) is 0 Å². The van der Waals surface area contributed by atoms with Crippen molar-refractivity contribution in [2.45, 2.75) is 58.7 Å². The van der Waals surface area contributed by atoms with Crippen LogP contribution in [0.3, 0.4) is 0 Å². The van der Waals surface area contributed by atoms with Crippen LogP contribution in [0.5, 0.6) is 0 Å². The first-order valence-electron chi connectivity index (χ1n) is 11.0. The molecule has 0 aromatic carbocycles. The van der Waals surface area contributed by atoms with Gasteiger partial charge in [0.2, 0.25) is 5.91 Å². The molecule has 9 nitrogen and oxygen atoms in total. The summed E-state index contributed by atoms with van der Waals surface area (Å²) >= 11 is 0. The van der Waals surface area contributed by atoms with Gasteiger partial charge < -0.3 is 29.4 Å². The summed E-state index contributed by atoms with van der Waals surface area (Å²) in [5.74, 6) is -0.935. The Morgan fingerprint density at radius 2 is 2.12 bits per heavy atom. The zero-order chi connectivity index (χ0) is 23.5. The molecule has 0 bridgehead atoms. The first-order valence-corrected chi connectivity index (χ1v) is 11.0. The molecule has 32 heavy (non-hydrogen) atoms. The van der Waals surface area contributed by atoms with Crippen LogP contribution < -0.4 is 10.6 Å². The van der Waals surface area contributed by atoms with Gasteiger partial charge in [-0.1, -0.05) is 0 Å². The van der Waals surface area contributed by atoms with E-state index < -0.39 is 5.97 Å². The fourth-order valence-electron chi connectivity index (χ4n) is 4.17. The van der Waals surface area contributed by atoms with Gasteiger partial charge in [-0.3, -0.25) is 4.79 Å². The fraction of sp³-hybridized carbons (Fsp3) is 0.609. The number of hydrogen-bond donors (Lipinski definition) is 2. The number of ether oxygens (including phenoxy) is 3. The number of anilines is 2. The zero-order valence-electron chi connectivity index (χ0n) is 19.8. The Balaban J connectivity index is 2.01. The number of esters is 1. The molecule has 1 aliphatic heterocycles. The molecular formula is C23H34N4O5. The van der Waals surface area contributed by atoms with Crippen molar-refractivity contribution >= 4 is 34.3 Å². The molecule has 0 spiro atoms. The number of fused-ring (bicyclic) bond motifs is 1. The molecule has 2 aromatic rings. The van der Waals surface area contributed by atoms with Gasteiger partial charge in [0.25, 0.3) is 0 Å². The largest absolute Gasteiger partial charge is 0.464 e. The van der Waals surface area contributed by atoms with Crippen LogP contribution in [0.2, 0.25) is 0 Å². The summed E-state index contributed by atoms with van der Waals surface area (Å²) < 4.78 is 17.7. The van der Waals surface area contributed by atoms with Crippen molar-refractivity contribution < 1.29 is 23.8 Å². The Morgan fingerprint density at radius 3 is 2.72 bits per heavy atom. The molecule has 0 radical (unpaired) electrons. The second-order valence-electron chi connectivity index (χ2n) is 8.82. The lowest BCUT2D eigenvalue weighted by Crippen LogP contribution is -2.31. The van der Waals surface area contributed by atoms with Gasteiger partial charge in [0.05, 0.1) is 42.8 Å². The monoisotopic (exact) mass is 446 g/mol. The summed E-state index contributed by atoms with van der Waals surface area (Å²) in [5, 5.41) is 7.10. The third-order valence-corrected chi connectivity index (χ3v) is 5.91. The number of aromatic nitrogens is 2. The van der Waals surface area contributed by atoms with Crippen molar-refractivity contribution in [3.63, 3.8) is 0 Å². The standard InChI is InChI=1S/C23H34N4O5/c1-7-27-19(22(29)30-5)18(26-21(28)15-8-9-32-13-15)17-10-16(12-24-20(17)27)25-14(2)11-23(3,4)31-6/h10,12,14-15,25H,7-9,11,13H2,1-6H3,(H,26,28)/t14-,15-/m0/s1. The molecule has 3 heterocycles. The van der Waals surface area contributed by atoms with E-state index in [1.165, 1.54) is 7.11 Å². The van der Waals surface area contributed by atoms with E-state index in [1.807, 2.05) is 26.8 Å². The maximum Gasteiger partial charge on any atom is 0.356 e. The van der Waals surface area contributed by atoms with Crippen LogP contribution in [0.15, 0.2) is 12.3 Å². The molecule has 2 atom stereocenters. The minimum Gasteiger partial charge on any atom is -0.464 e. The fourth-order valence-corrected chi connectivity index (χ4v) is 4.17. The zero-order valence-corrected chi connectivity index (χ0v) is 19.8. The van der Waals surface area contributed by atoms with Crippen molar-refractivity contribution in [3.05, 3.63) is 18.0 Å². The topological polar surface area (TPSA) is 104 Å². The van der Waals surface area contributed by atoms with Gasteiger partial charge in [0.15, 0.2) is 5.69 Å². The number of carbonyl (C=O) groups excluding carboxylic acids is 2. The number of nitrogens with one attached hydrogen (secondary N) is 2. The van der Waals surface area contributed by atoms with E-state index in [-0.39, 0.29) is 29.2 Å². The van der Waals surface area contributed by atoms with Crippen LogP contribution in [0, 0.1) is 5.92 Å². The first kappa shape index (κ1) is 24.0. The summed E-state index contributed by atoms with van der Waals surface area (Å²) in [7, 11) is 3.03. The molecule has 1 aliphatic rings. The SMILES string of the molecule is CCn1c(C(=O)OC)c(NC(=O)[C@H]2CCOC2)c2cc(N[C@@H](C)CC(C)(C)OC)cnc21. The Bertz CT molecular complexity index is 978. The summed E-state index contributed by atoms with van der Waals surface area (Å²) in [6, 6.07) is 2.03. The lowest BCUT2D eigenvalue weighted by Gasteiger charge is -2.27. The molecule has 0 saturated carbocycles. The van der Waals surface area contributed by atoms with Crippen molar-refractivity contribution in [2.24, 2.45) is 5.92 Å². The third-order valence-electron chi connectivity index (χ3n) is 5.91. The first-order chi connectivity index (χ1) is 15.2. The van der Waals surface area contributed by atoms with Crippen LogP contribution in [0.4, 0.5) is 11.4 Å². The molecule has 0 unspecified atom stereocenters. The second kappa shape index (κ2) is 9.87. The maximum absolute atomic E-state index is 12.9. The summed E-state index contributed by atoms with van der Waals surface area (Å²) in [5.41, 5.74) is 1.85. The van der Waals surface area contributed by atoms with E-state index in [0.29, 0.717) is 42.9 Å². The average molecular weight is 447 g/mol. The number of methoxy groups -OCH3 is 2. The number of carbonyl (C=O) groups is 2.